The van der Waals surface area contributed by atoms with Crippen molar-refractivity contribution in [2.75, 3.05) is 11.9 Å². The molecule has 5 heteroatoms. The number of hydrogen-bond donors (Lipinski definition) is 1. The summed E-state index contributed by atoms with van der Waals surface area (Å²) in [6, 6.07) is 11.2. The average Bonchev–Trinajstić information content (AvgIpc) is 2.40. The van der Waals surface area contributed by atoms with Gasteiger partial charge < -0.3 is 10.1 Å². The van der Waals surface area contributed by atoms with E-state index in [1.54, 1.807) is 24.3 Å². The Morgan fingerprint density at radius 1 is 1.32 bits per heavy atom. The Hall–Kier alpha value is -2.61. The van der Waals surface area contributed by atoms with E-state index >= 15 is 0 Å². The lowest BCUT2D eigenvalue weighted by Crippen LogP contribution is -2.00. The zero-order valence-corrected chi connectivity index (χ0v) is 10.4. The van der Waals surface area contributed by atoms with Crippen LogP contribution in [0.5, 0.6) is 11.6 Å². The van der Waals surface area contributed by atoms with Crippen molar-refractivity contribution in [1.29, 1.82) is 5.26 Å². The van der Waals surface area contributed by atoms with Gasteiger partial charge in [0.15, 0.2) is 0 Å². The molecule has 19 heavy (non-hydrogen) atoms. The van der Waals surface area contributed by atoms with Gasteiger partial charge in [0, 0.05) is 12.6 Å². The van der Waals surface area contributed by atoms with Crippen LogP contribution in [0.4, 0.5) is 10.2 Å². The molecule has 1 aromatic carbocycles. The van der Waals surface area contributed by atoms with Crippen molar-refractivity contribution in [3.05, 3.63) is 47.8 Å². The molecule has 1 N–H and O–H groups in total. The first-order valence-electron chi connectivity index (χ1n) is 5.82. The molecule has 0 radical (unpaired) electrons. The van der Waals surface area contributed by atoms with Gasteiger partial charge in [-0.2, -0.15) is 10.2 Å². The monoisotopic (exact) mass is 257 g/mol. The highest BCUT2D eigenvalue weighted by atomic mass is 19.1. The van der Waals surface area contributed by atoms with Gasteiger partial charge in [0.1, 0.15) is 29.0 Å². The van der Waals surface area contributed by atoms with E-state index in [0.717, 1.165) is 6.54 Å². The molecule has 0 aliphatic rings. The third-order valence-electron chi connectivity index (χ3n) is 2.38. The number of nitrogens with zero attached hydrogens (tertiary/aromatic N) is 2. The summed E-state index contributed by atoms with van der Waals surface area (Å²) in [6.07, 6.45) is 0. The molecule has 0 bridgehead atoms. The molecule has 0 fully saturated rings. The second kappa shape index (κ2) is 5.83. The lowest BCUT2D eigenvalue weighted by Gasteiger charge is -2.08. The minimum absolute atomic E-state index is 0.127. The molecule has 1 heterocycles. The quantitative estimate of drug-likeness (QED) is 0.912. The maximum absolute atomic E-state index is 13.4. The van der Waals surface area contributed by atoms with Gasteiger partial charge in [-0.25, -0.2) is 4.39 Å². The SMILES string of the molecule is CCNc1cccc(Oc2cccc(F)c2C#N)n1. The molecular weight excluding hydrogens is 245 g/mol. The molecule has 96 valence electrons. The number of nitrogens with one attached hydrogen (secondary N) is 1. The molecule has 4 nitrogen and oxygen atoms in total. The van der Waals surface area contributed by atoms with E-state index in [0.29, 0.717) is 11.7 Å². The standard InChI is InChI=1S/C14H12FN3O/c1-2-17-13-7-4-8-14(18-13)19-12-6-3-5-11(15)10(12)9-16/h3-8H,2H2,1H3,(H,17,18). The molecule has 0 spiro atoms. The minimum atomic E-state index is -0.608. The van der Waals surface area contributed by atoms with Gasteiger partial charge in [-0.3, -0.25) is 0 Å². The Bertz CT molecular complexity index is 622. The number of pyridine rings is 1. The fraction of sp³-hybridized carbons (Fsp3) is 0.143. The predicted octanol–water partition coefficient (Wildman–Crippen LogP) is 3.32. The Kier molecular flexibility index (Phi) is 3.94. The van der Waals surface area contributed by atoms with Crippen LogP contribution in [0.15, 0.2) is 36.4 Å². The first-order valence-corrected chi connectivity index (χ1v) is 5.82. The van der Waals surface area contributed by atoms with Crippen LogP contribution < -0.4 is 10.1 Å². The number of aromatic nitrogens is 1. The topological polar surface area (TPSA) is 57.9 Å². The Morgan fingerprint density at radius 2 is 2.11 bits per heavy atom. The number of benzene rings is 1. The van der Waals surface area contributed by atoms with Gasteiger partial charge >= 0.3 is 0 Å². The summed E-state index contributed by atoms with van der Waals surface area (Å²) in [4.78, 5) is 4.20. The van der Waals surface area contributed by atoms with E-state index in [2.05, 4.69) is 10.3 Å². The summed E-state index contributed by atoms with van der Waals surface area (Å²) in [6.45, 7) is 2.69. The number of halogens is 1. The normalized spacial score (nSPS) is 9.74. The summed E-state index contributed by atoms with van der Waals surface area (Å²) < 4.78 is 18.9. The average molecular weight is 257 g/mol. The highest BCUT2D eigenvalue weighted by molar-refractivity contribution is 5.46. The maximum atomic E-state index is 13.4. The van der Waals surface area contributed by atoms with Gasteiger partial charge in [-0.15, -0.1) is 0 Å². The van der Waals surface area contributed by atoms with Crippen LogP contribution in [0.1, 0.15) is 12.5 Å². The summed E-state index contributed by atoms with van der Waals surface area (Å²) in [5.74, 6) is 0.516. The summed E-state index contributed by atoms with van der Waals surface area (Å²) in [7, 11) is 0. The van der Waals surface area contributed by atoms with Gasteiger partial charge in [0.2, 0.25) is 5.88 Å². The van der Waals surface area contributed by atoms with E-state index in [1.165, 1.54) is 18.2 Å². The van der Waals surface area contributed by atoms with Crippen molar-refractivity contribution in [1.82, 2.24) is 4.98 Å². The number of anilines is 1. The lowest BCUT2D eigenvalue weighted by molar-refractivity contribution is 0.456. The molecule has 0 saturated heterocycles. The number of hydrogen-bond acceptors (Lipinski definition) is 4. The second-order valence-corrected chi connectivity index (χ2v) is 3.72. The Morgan fingerprint density at radius 3 is 2.84 bits per heavy atom. The highest BCUT2D eigenvalue weighted by Gasteiger charge is 2.10. The Balaban J connectivity index is 2.29. The first kappa shape index (κ1) is 12.8. The molecule has 0 aliphatic carbocycles. The van der Waals surface area contributed by atoms with Gasteiger partial charge in [0.25, 0.3) is 0 Å². The summed E-state index contributed by atoms with van der Waals surface area (Å²) in [5.41, 5.74) is -0.127. The van der Waals surface area contributed by atoms with E-state index in [4.69, 9.17) is 10.00 Å². The van der Waals surface area contributed by atoms with Gasteiger partial charge in [-0.05, 0) is 25.1 Å². The molecule has 0 unspecified atom stereocenters. The molecule has 2 aromatic rings. The van der Waals surface area contributed by atoms with Crippen molar-refractivity contribution in [2.24, 2.45) is 0 Å². The second-order valence-electron chi connectivity index (χ2n) is 3.72. The molecular formula is C14H12FN3O. The van der Waals surface area contributed by atoms with E-state index in [-0.39, 0.29) is 11.3 Å². The molecule has 2 rings (SSSR count). The van der Waals surface area contributed by atoms with Crippen molar-refractivity contribution in [3.8, 4) is 17.7 Å². The van der Waals surface area contributed by atoms with Crippen LogP contribution in [-0.2, 0) is 0 Å². The molecule has 0 atom stereocenters. The Labute approximate surface area is 110 Å². The van der Waals surface area contributed by atoms with Crippen LogP contribution in [0.25, 0.3) is 0 Å². The van der Waals surface area contributed by atoms with Gasteiger partial charge in [-0.1, -0.05) is 12.1 Å². The molecule has 0 aliphatic heterocycles. The largest absolute Gasteiger partial charge is 0.437 e. The molecule has 0 amide bonds. The zero-order valence-electron chi connectivity index (χ0n) is 10.4. The van der Waals surface area contributed by atoms with Crippen LogP contribution in [0.2, 0.25) is 0 Å². The number of ether oxygens (including phenoxy) is 1. The van der Waals surface area contributed by atoms with Crippen molar-refractivity contribution >= 4 is 5.82 Å². The fourth-order valence-corrected chi connectivity index (χ4v) is 1.56. The minimum Gasteiger partial charge on any atom is -0.437 e. The maximum Gasteiger partial charge on any atom is 0.221 e. The van der Waals surface area contributed by atoms with Gasteiger partial charge in [0.05, 0.1) is 0 Å². The summed E-state index contributed by atoms with van der Waals surface area (Å²) >= 11 is 0. The molecule has 1 aromatic heterocycles. The van der Waals surface area contributed by atoms with Crippen molar-refractivity contribution in [2.45, 2.75) is 6.92 Å². The van der Waals surface area contributed by atoms with E-state index in [9.17, 15) is 4.39 Å². The van der Waals surface area contributed by atoms with Crippen molar-refractivity contribution < 1.29 is 9.13 Å². The highest BCUT2D eigenvalue weighted by Crippen LogP contribution is 2.26. The van der Waals surface area contributed by atoms with E-state index < -0.39 is 5.82 Å². The number of nitriles is 1. The zero-order chi connectivity index (χ0) is 13.7. The lowest BCUT2D eigenvalue weighted by atomic mass is 10.2. The van der Waals surface area contributed by atoms with Crippen LogP contribution in [0, 0.1) is 17.1 Å². The summed E-state index contributed by atoms with van der Waals surface area (Å²) in [5, 5.41) is 12.0. The van der Waals surface area contributed by atoms with Crippen molar-refractivity contribution in [3.63, 3.8) is 0 Å². The first-order chi connectivity index (χ1) is 9.24. The van der Waals surface area contributed by atoms with Crippen LogP contribution in [0.3, 0.4) is 0 Å². The number of rotatable bonds is 4. The predicted molar refractivity (Wildman–Crippen MR) is 69.6 cm³/mol. The van der Waals surface area contributed by atoms with Crippen LogP contribution >= 0.6 is 0 Å². The third kappa shape index (κ3) is 2.99. The van der Waals surface area contributed by atoms with E-state index in [1.807, 2.05) is 6.92 Å². The smallest absolute Gasteiger partial charge is 0.221 e. The molecule has 0 saturated carbocycles. The van der Waals surface area contributed by atoms with Crippen LogP contribution in [-0.4, -0.2) is 11.5 Å². The third-order valence-corrected chi connectivity index (χ3v) is 2.38. The fourth-order valence-electron chi connectivity index (χ4n) is 1.56.